The van der Waals surface area contributed by atoms with Gasteiger partial charge in [0.2, 0.25) is 5.91 Å². The van der Waals surface area contributed by atoms with Crippen LogP contribution < -0.4 is 0 Å². The Bertz CT molecular complexity index is 1160. The molecular formula is C22H27F3N6O. The lowest BCUT2D eigenvalue weighted by Gasteiger charge is -2.32. The van der Waals surface area contributed by atoms with Gasteiger partial charge in [-0.1, -0.05) is 0 Å². The summed E-state index contributed by atoms with van der Waals surface area (Å²) in [7, 11) is 0. The predicted molar refractivity (Wildman–Crippen MR) is 112 cm³/mol. The maximum absolute atomic E-state index is 13.4. The Labute approximate surface area is 184 Å². The first-order valence-corrected chi connectivity index (χ1v) is 10.8. The highest BCUT2D eigenvalue weighted by Crippen LogP contribution is 2.32. The molecule has 0 radical (unpaired) electrons. The molecule has 1 fully saturated rings. The second-order valence-corrected chi connectivity index (χ2v) is 8.57. The number of rotatable bonds is 4. The molecule has 1 aliphatic heterocycles. The molecule has 4 rings (SSSR count). The summed E-state index contributed by atoms with van der Waals surface area (Å²) in [4.78, 5) is 18.9. The Kier molecular flexibility index (Phi) is 5.72. The van der Waals surface area contributed by atoms with Crippen molar-refractivity contribution in [3.63, 3.8) is 0 Å². The van der Waals surface area contributed by atoms with Crippen LogP contribution in [0.3, 0.4) is 0 Å². The fourth-order valence-corrected chi connectivity index (χ4v) is 4.33. The van der Waals surface area contributed by atoms with Crippen LogP contribution in [0, 0.1) is 27.7 Å². The normalized spacial score (nSPS) is 17.3. The van der Waals surface area contributed by atoms with Crippen LogP contribution >= 0.6 is 0 Å². The molecule has 1 atom stereocenters. The number of carbonyl (C=O) groups is 1. The molecule has 0 aliphatic carbocycles. The predicted octanol–water partition coefficient (Wildman–Crippen LogP) is 3.97. The van der Waals surface area contributed by atoms with Crippen molar-refractivity contribution in [2.45, 2.75) is 65.6 Å². The Balaban J connectivity index is 1.49. The molecule has 0 aromatic carbocycles. The number of carbonyl (C=O) groups excluding carboxylic acids is 1. The van der Waals surface area contributed by atoms with Crippen molar-refractivity contribution in [1.82, 2.24) is 29.3 Å². The summed E-state index contributed by atoms with van der Waals surface area (Å²) < 4.78 is 43.1. The third kappa shape index (κ3) is 4.22. The van der Waals surface area contributed by atoms with E-state index in [0.717, 1.165) is 40.4 Å². The van der Waals surface area contributed by atoms with Gasteiger partial charge >= 0.3 is 6.18 Å². The quantitative estimate of drug-likeness (QED) is 0.606. The van der Waals surface area contributed by atoms with Crippen LogP contribution in [0.5, 0.6) is 0 Å². The number of hydrogen-bond donors (Lipinski definition) is 0. The fourth-order valence-electron chi connectivity index (χ4n) is 4.33. The van der Waals surface area contributed by atoms with Crippen LogP contribution in [0.1, 0.15) is 59.2 Å². The smallest absolute Gasteiger partial charge is 0.342 e. The number of hydrogen-bond acceptors (Lipinski definition) is 4. The van der Waals surface area contributed by atoms with Crippen molar-refractivity contribution in [2.24, 2.45) is 0 Å². The lowest BCUT2D eigenvalue weighted by Crippen LogP contribution is -2.39. The van der Waals surface area contributed by atoms with Gasteiger partial charge in [-0.3, -0.25) is 9.48 Å². The summed E-state index contributed by atoms with van der Waals surface area (Å²) >= 11 is 0. The Morgan fingerprint density at radius 1 is 1.16 bits per heavy atom. The van der Waals surface area contributed by atoms with Gasteiger partial charge in [0.25, 0.3) is 0 Å². The zero-order valence-corrected chi connectivity index (χ0v) is 18.7. The van der Waals surface area contributed by atoms with E-state index in [4.69, 9.17) is 0 Å². The molecule has 0 spiro atoms. The van der Waals surface area contributed by atoms with Crippen molar-refractivity contribution in [3.05, 3.63) is 46.2 Å². The monoisotopic (exact) mass is 448 g/mol. The molecule has 1 amide bonds. The largest absolute Gasteiger partial charge is 0.433 e. The average molecular weight is 448 g/mol. The second kappa shape index (κ2) is 8.22. The molecule has 1 saturated heterocycles. The van der Waals surface area contributed by atoms with Gasteiger partial charge < -0.3 is 4.90 Å². The Hall–Kier alpha value is -2.91. The third-order valence-corrected chi connectivity index (χ3v) is 6.34. The standard InChI is InChI=1S/C22H27F3N6O/c1-13-10-19(22(23,24)25)31-20(26-13)11-18(28-31)17-6-5-8-29(12-17)21(32)7-9-30-16(4)14(2)15(3)27-30/h10-11,17H,5-9,12H2,1-4H3/t17-/m0/s1. The molecular weight excluding hydrogens is 421 g/mol. The minimum atomic E-state index is -4.52. The molecule has 3 aromatic heterocycles. The van der Waals surface area contributed by atoms with E-state index >= 15 is 0 Å². The highest BCUT2D eigenvalue weighted by Gasteiger charge is 2.35. The highest BCUT2D eigenvalue weighted by molar-refractivity contribution is 5.76. The molecule has 10 heteroatoms. The van der Waals surface area contributed by atoms with Gasteiger partial charge in [0.1, 0.15) is 5.69 Å². The van der Waals surface area contributed by atoms with Crippen molar-refractivity contribution >= 4 is 11.6 Å². The van der Waals surface area contributed by atoms with Crippen LogP contribution in [0.4, 0.5) is 13.2 Å². The third-order valence-electron chi connectivity index (χ3n) is 6.34. The van der Waals surface area contributed by atoms with E-state index in [-0.39, 0.29) is 23.2 Å². The zero-order valence-electron chi connectivity index (χ0n) is 18.7. The van der Waals surface area contributed by atoms with Crippen molar-refractivity contribution < 1.29 is 18.0 Å². The van der Waals surface area contributed by atoms with E-state index in [9.17, 15) is 18.0 Å². The number of amides is 1. The lowest BCUT2D eigenvalue weighted by atomic mass is 9.94. The topological polar surface area (TPSA) is 68.3 Å². The molecule has 0 bridgehead atoms. The first-order valence-electron chi connectivity index (χ1n) is 10.8. The minimum absolute atomic E-state index is 0.0219. The van der Waals surface area contributed by atoms with E-state index in [2.05, 4.69) is 15.2 Å². The molecule has 172 valence electrons. The van der Waals surface area contributed by atoms with Crippen molar-refractivity contribution in [3.8, 4) is 0 Å². The lowest BCUT2D eigenvalue weighted by molar-refractivity contribution is -0.142. The summed E-state index contributed by atoms with van der Waals surface area (Å²) in [5, 5.41) is 8.72. The maximum atomic E-state index is 13.4. The van der Waals surface area contributed by atoms with Gasteiger partial charge in [-0.25, -0.2) is 9.50 Å². The summed E-state index contributed by atoms with van der Waals surface area (Å²) in [5.74, 6) is -0.0969. The average Bonchev–Trinajstić information content (AvgIpc) is 3.27. The van der Waals surface area contributed by atoms with E-state index in [0.29, 0.717) is 31.7 Å². The van der Waals surface area contributed by atoms with Crippen LogP contribution in [0.25, 0.3) is 5.65 Å². The van der Waals surface area contributed by atoms with Gasteiger partial charge in [-0.05, 0) is 52.2 Å². The zero-order chi connectivity index (χ0) is 23.2. The first-order chi connectivity index (χ1) is 15.0. The number of likely N-dealkylation sites (tertiary alicyclic amines) is 1. The molecule has 7 nitrogen and oxygen atoms in total. The van der Waals surface area contributed by atoms with Crippen molar-refractivity contribution in [1.29, 1.82) is 0 Å². The second-order valence-electron chi connectivity index (χ2n) is 8.57. The molecule has 0 saturated carbocycles. The maximum Gasteiger partial charge on any atom is 0.433 e. The number of fused-ring (bicyclic) bond motifs is 1. The first kappa shape index (κ1) is 22.3. The van der Waals surface area contributed by atoms with Gasteiger partial charge in [0.15, 0.2) is 5.65 Å². The fraction of sp³-hybridized carbons (Fsp3) is 0.545. The summed E-state index contributed by atoms with van der Waals surface area (Å²) in [6.45, 7) is 9.08. The van der Waals surface area contributed by atoms with E-state index < -0.39 is 11.9 Å². The van der Waals surface area contributed by atoms with Crippen LogP contribution in [0.15, 0.2) is 12.1 Å². The molecule has 3 aromatic rings. The Morgan fingerprint density at radius 2 is 1.91 bits per heavy atom. The van der Waals surface area contributed by atoms with Gasteiger partial charge in [0.05, 0.1) is 11.4 Å². The minimum Gasteiger partial charge on any atom is -0.342 e. The number of halogens is 3. The van der Waals surface area contributed by atoms with E-state index in [1.807, 2.05) is 25.5 Å². The van der Waals surface area contributed by atoms with Crippen LogP contribution in [-0.2, 0) is 17.5 Å². The number of alkyl halides is 3. The molecule has 32 heavy (non-hydrogen) atoms. The molecule has 1 aliphatic rings. The summed E-state index contributed by atoms with van der Waals surface area (Å²) in [6, 6.07) is 2.61. The van der Waals surface area contributed by atoms with E-state index in [1.165, 1.54) is 6.92 Å². The SMILES string of the molecule is Cc1cc(C(F)(F)F)n2nc([C@H]3CCCN(C(=O)CCn4nc(C)c(C)c4C)C3)cc2n1. The summed E-state index contributed by atoms with van der Waals surface area (Å²) in [6.07, 6.45) is -2.64. The van der Waals surface area contributed by atoms with Gasteiger partial charge in [-0.15, -0.1) is 0 Å². The van der Waals surface area contributed by atoms with Crippen LogP contribution in [-0.4, -0.2) is 48.3 Å². The number of aromatic nitrogens is 5. The summed E-state index contributed by atoms with van der Waals surface area (Å²) in [5.41, 5.74) is 3.31. The Morgan fingerprint density at radius 3 is 2.56 bits per heavy atom. The molecule has 0 unspecified atom stereocenters. The highest BCUT2D eigenvalue weighted by atomic mass is 19.4. The number of aryl methyl sites for hydroxylation is 3. The number of piperidine rings is 1. The van der Waals surface area contributed by atoms with Gasteiger partial charge in [-0.2, -0.15) is 23.4 Å². The molecule has 4 heterocycles. The molecule has 0 N–H and O–H groups in total. The van der Waals surface area contributed by atoms with Crippen molar-refractivity contribution in [2.75, 3.05) is 13.1 Å². The van der Waals surface area contributed by atoms with Gasteiger partial charge in [0, 0.05) is 49.4 Å². The number of nitrogens with zero attached hydrogens (tertiary/aromatic N) is 6. The van der Waals surface area contributed by atoms with E-state index in [1.54, 1.807) is 11.0 Å². The van der Waals surface area contributed by atoms with Crippen LogP contribution in [0.2, 0.25) is 0 Å².